The van der Waals surface area contributed by atoms with E-state index in [4.69, 9.17) is 0 Å². The molecule has 0 unspecified atom stereocenters. The minimum absolute atomic E-state index is 0.0479. The highest BCUT2D eigenvalue weighted by molar-refractivity contribution is 5.92. The van der Waals surface area contributed by atoms with E-state index in [1.165, 1.54) is 5.56 Å². The quantitative estimate of drug-likeness (QED) is 0.617. The molecule has 4 aromatic rings. The van der Waals surface area contributed by atoms with Gasteiger partial charge in [-0.05, 0) is 36.8 Å². The van der Waals surface area contributed by atoms with Crippen LogP contribution in [0.3, 0.4) is 0 Å². The summed E-state index contributed by atoms with van der Waals surface area (Å²) in [6.45, 7) is 2.03. The smallest absolute Gasteiger partial charge is 0.228 e. The molecule has 6 nitrogen and oxygen atoms in total. The summed E-state index contributed by atoms with van der Waals surface area (Å²) < 4.78 is 1.62. The van der Waals surface area contributed by atoms with E-state index in [0.29, 0.717) is 12.1 Å². The van der Waals surface area contributed by atoms with Crippen LogP contribution in [0.2, 0.25) is 0 Å². The molecule has 128 valence electrons. The molecule has 0 saturated heterocycles. The van der Waals surface area contributed by atoms with Gasteiger partial charge in [0.15, 0.2) is 5.65 Å². The molecule has 0 saturated carbocycles. The van der Waals surface area contributed by atoms with E-state index < -0.39 is 0 Å². The lowest BCUT2D eigenvalue weighted by Gasteiger charge is -2.08. The van der Waals surface area contributed by atoms with Crippen molar-refractivity contribution in [3.8, 4) is 11.3 Å². The summed E-state index contributed by atoms with van der Waals surface area (Å²) in [5.41, 5.74) is 5.30. The fourth-order valence-electron chi connectivity index (χ4n) is 2.74. The second-order valence-electron chi connectivity index (χ2n) is 6.14. The third-order valence-corrected chi connectivity index (χ3v) is 4.09. The van der Waals surface area contributed by atoms with E-state index >= 15 is 0 Å². The van der Waals surface area contributed by atoms with Gasteiger partial charge in [-0.3, -0.25) is 4.79 Å². The molecule has 2 heterocycles. The average Bonchev–Trinajstić information content (AvgIpc) is 3.11. The lowest BCUT2D eigenvalue weighted by molar-refractivity contribution is -0.115. The van der Waals surface area contributed by atoms with Gasteiger partial charge in [-0.1, -0.05) is 42.0 Å². The van der Waals surface area contributed by atoms with Crippen molar-refractivity contribution in [2.24, 2.45) is 0 Å². The number of carbonyl (C=O) groups excluding carboxylic acids is 1. The molecule has 0 bridgehead atoms. The van der Waals surface area contributed by atoms with E-state index in [1.807, 2.05) is 67.6 Å². The van der Waals surface area contributed by atoms with Gasteiger partial charge in [0.05, 0.1) is 12.1 Å². The predicted octanol–water partition coefficient (Wildman–Crippen LogP) is 3.28. The molecule has 2 aromatic carbocycles. The number of aromatic nitrogens is 4. The molecule has 0 aliphatic rings. The molecule has 4 rings (SSSR count). The summed E-state index contributed by atoms with van der Waals surface area (Å²) in [5, 5.41) is 15.2. The Kier molecular flexibility index (Phi) is 4.15. The summed E-state index contributed by atoms with van der Waals surface area (Å²) in [5.74, 6) is -0.0479. The van der Waals surface area contributed by atoms with Crippen LogP contribution in [-0.2, 0) is 11.2 Å². The minimum Gasteiger partial charge on any atom is -0.326 e. The van der Waals surface area contributed by atoms with Crippen molar-refractivity contribution >= 4 is 17.2 Å². The largest absolute Gasteiger partial charge is 0.326 e. The lowest BCUT2D eigenvalue weighted by Crippen LogP contribution is -2.14. The normalized spacial score (nSPS) is 10.8. The van der Waals surface area contributed by atoms with Crippen LogP contribution in [0.15, 0.2) is 67.0 Å². The molecule has 0 aliphatic heterocycles. The monoisotopic (exact) mass is 343 g/mol. The number of aryl methyl sites for hydroxylation is 1. The van der Waals surface area contributed by atoms with Gasteiger partial charge >= 0.3 is 0 Å². The van der Waals surface area contributed by atoms with Crippen molar-refractivity contribution in [1.82, 2.24) is 19.8 Å². The molecule has 6 heteroatoms. The highest BCUT2D eigenvalue weighted by Crippen LogP contribution is 2.21. The summed E-state index contributed by atoms with van der Waals surface area (Å²) >= 11 is 0. The molecule has 2 aromatic heterocycles. The zero-order valence-corrected chi connectivity index (χ0v) is 14.3. The minimum atomic E-state index is -0.0479. The fraction of sp³-hybridized carbons (Fsp3) is 0.100. The Labute approximate surface area is 150 Å². The van der Waals surface area contributed by atoms with Gasteiger partial charge in [-0.25, -0.2) is 0 Å². The van der Waals surface area contributed by atoms with Crippen LogP contribution in [0.5, 0.6) is 0 Å². The zero-order valence-electron chi connectivity index (χ0n) is 14.3. The lowest BCUT2D eigenvalue weighted by atomic mass is 10.1. The van der Waals surface area contributed by atoms with E-state index in [9.17, 15) is 4.79 Å². The van der Waals surface area contributed by atoms with E-state index in [-0.39, 0.29) is 5.91 Å². The van der Waals surface area contributed by atoms with Gasteiger partial charge in [-0.15, -0.1) is 10.2 Å². The molecule has 0 radical (unpaired) electrons. The maximum Gasteiger partial charge on any atom is 0.228 e. The highest BCUT2D eigenvalue weighted by atomic mass is 16.1. The Hall–Kier alpha value is -3.54. The molecular weight excluding hydrogens is 326 g/mol. The summed E-state index contributed by atoms with van der Waals surface area (Å²) in [4.78, 5) is 12.3. The first-order valence-electron chi connectivity index (χ1n) is 8.30. The van der Waals surface area contributed by atoms with Gasteiger partial charge < -0.3 is 5.32 Å². The van der Waals surface area contributed by atoms with Crippen LogP contribution in [0.4, 0.5) is 5.69 Å². The van der Waals surface area contributed by atoms with Crippen LogP contribution in [0.1, 0.15) is 11.1 Å². The van der Waals surface area contributed by atoms with Crippen molar-refractivity contribution in [1.29, 1.82) is 0 Å². The molecular formula is C20H17N5O. The zero-order chi connectivity index (χ0) is 17.9. The van der Waals surface area contributed by atoms with Crippen LogP contribution < -0.4 is 5.32 Å². The van der Waals surface area contributed by atoms with Crippen molar-refractivity contribution in [3.05, 3.63) is 78.1 Å². The molecule has 1 amide bonds. The standard InChI is InChI=1S/C20H17N5O/c1-14-5-7-15(8-6-14)11-20(26)22-17-4-2-3-16(12-17)18-9-10-19-23-21-13-25(19)24-18/h2-10,12-13H,11H2,1H3,(H,22,26). The second kappa shape index (κ2) is 6.76. The van der Waals surface area contributed by atoms with Crippen LogP contribution in [-0.4, -0.2) is 25.7 Å². The van der Waals surface area contributed by atoms with Crippen molar-refractivity contribution in [3.63, 3.8) is 0 Å². The van der Waals surface area contributed by atoms with E-state index in [1.54, 1.807) is 10.8 Å². The van der Waals surface area contributed by atoms with Gasteiger partial charge in [0, 0.05) is 11.3 Å². The maximum absolute atomic E-state index is 12.3. The van der Waals surface area contributed by atoms with Crippen LogP contribution in [0, 0.1) is 6.92 Å². The number of hydrogen-bond donors (Lipinski definition) is 1. The predicted molar refractivity (Wildman–Crippen MR) is 99.7 cm³/mol. The Morgan fingerprint density at radius 3 is 2.77 bits per heavy atom. The maximum atomic E-state index is 12.3. The second-order valence-corrected chi connectivity index (χ2v) is 6.14. The van der Waals surface area contributed by atoms with Gasteiger partial charge in [-0.2, -0.15) is 9.61 Å². The van der Waals surface area contributed by atoms with E-state index in [0.717, 1.165) is 22.5 Å². The number of carbonyl (C=O) groups is 1. The van der Waals surface area contributed by atoms with Gasteiger partial charge in [0.2, 0.25) is 5.91 Å². The van der Waals surface area contributed by atoms with Gasteiger partial charge in [0.1, 0.15) is 6.33 Å². The fourth-order valence-corrected chi connectivity index (χ4v) is 2.74. The number of nitrogens with zero attached hydrogens (tertiary/aromatic N) is 4. The van der Waals surface area contributed by atoms with Gasteiger partial charge in [0.25, 0.3) is 0 Å². The first-order chi connectivity index (χ1) is 12.7. The summed E-state index contributed by atoms with van der Waals surface area (Å²) in [7, 11) is 0. The third kappa shape index (κ3) is 3.44. The number of anilines is 1. The Morgan fingerprint density at radius 2 is 1.92 bits per heavy atom. The van der Waals surface area contributed by atoms with Crippen molar-refractivity contribution in [2.45, 2.75) is 13.3 Å². The molecule has 0 atom stereocenters. The molecule has 26 heavy (non-hydrogen) atoms. The number of hydrogen-bond acceptors (Lipinski definition) is 4. The Morgan fingerprint density at radius 1 is 1.08 bits per heavy atom. The van der Waals surface area contributed by atoms with E-state index in [2.05, 4.69) is 20.6 Å². The number of nitrogens with one attached hydrogen (secondary N) is 1. The highest BCUT2D eigenvalue weighted by Gasteiger charge is 2.07. The Balaban J connectivity index is 1.51. The SMILES string of the molecule is Cc1ccc(CC(=O)Nc2cccc(-c3ccc4nncn4n3)c2)cc1. The summed E-state index contributed by atoms with van der Waals surface area (Å²) in [6.07, 6.45) is 1.90. The summed E-state index contributed by atoms with van der Waals surface area (Å²) in [6, 6.07) is 19.3. The average molecular weight is 343 g/mol. The number of rotatable bonds is 4. The molecule has 0 fully saturated rings. The first-order valence-corrected chi connectivity index (χ1v) is 8.30. The molecule has 0 aliphatic carbocycles. The number of benzene rings is 2. The molecule has 0 spiro atoms. The number of fused-ring (bicyclic) bond motifs is 1. The topological polar surface area (TPSA) is 72.2 Å². The Bertz CT molecular complexity index is 1070. The van der Waals surface area contributed by atoms with Crippen LogP contribution >= 0.6 is 0 Å². The van der Waals surface area contributed by atoms with Crippen molar-refractivity contribution in [2.75, 3.05) is 5.32 Å². The van der Waals surface area contributed by atoms with Crippen molar-refractivity contribution < 1.29 is 4.79 Å². The first kappa shape index (κ1) is 16.0. The van der Waals surface area contributed by atoms with Crippen LogP contribution in [0.25, 0.3) is 16.9 Å². The third-order valence-electron chi connectivity index (χ3n) is 4.09. The molecule has 1 N–H and O–H groups in total. The number of amides is 1.